The standard InChI is InChI=1S/C21H18F2N2O/c22-18-8-17(9-19(23)11-18)21(26)25-7-3-6-16(13-25)20-10-14-4-1-2-5-15(14)12-24-20/h1-2,4-5,8-12,16H,3,6-7,13H2. The third kappa shape index (κ3) is 3.29. The van der Waals surface area contributed by atoms with E-state index in [4.69, 9.17) is 0 Å². The fraction of sp³-hybridized carbons (Fsp3) is 0.238. The van der Waals surface area contributed by atoms with Gasteiger partial charge in [0, 0.05) is 47.9 Å². The van der Waals surface area contributed by atoms with Crippen molar-refractivity contribution >= 4 is 16.7 Å². The molecule has 0 saturated carbocycles. The van der Waals surface area contributed by atoms with Crippen LogP contribution in [0.5, 0.6) is 0 Å². The summed E-state index contributed by atoms with van der Waals surface area (Å²) in [5.74, 6) is -1.69. The molecule has 1 fully saturated rings. The summed E-state index contributed by atoms with van der Waals surface area (Å²) in [5, 5.41) is 2.20. The van der Waals surface area contributed by atoms with Crippen molar-refractivity contribution in [3.05, 3.63) is 77.6 Å². The van der Waals surface area contributed by atoms with Crippen molar-refractivity contribution < 1.29 is 13.6 Å². The van der Waals surface area contributed by atoms with Crippen LogP contribution in [0.1, 0.15) is 34.8 Å². The number of carbonyl (C=O) groups is 1. The van der Waals surface area contributed by atoms with Gasteiger partial charge in [0.15, 0.2) is 0 Å². The van der Waals surface area contributed by atoms with Gasteiger partial charge in [-0.15, -0.1) is 0 Å². The van der Waals surface area contributed by atoms with E-state index in [-0.39, 0.29) is 17.4 Å². The minimum Gasteiger partial charge on any atom is -0.338 e. The van der Waals surface area contributed by atoms with Crippen molar-refractivity contribution in [2.45, 2.75) is 18.8 Å². The maximum Gasteiger partial charge on any atom is 0.254 e. The van der Waals surface area contributed by atoms with E-state index in [0.717, 1.165) is 47.5 Å². The minimum atomic E-state index is -0.738. The second-order valence-electron chi connectivity index (χ2n) is 6.70. The highest BCUT2D eigenvalue weighted by atomic mass is 19.1. The molecule has 1 amide bonds. The van der Waals surface area contributed by atoms with Gasteiger partial charge in [-0.05, 0) is 36.4 Å². The molecule has 26 heavy (non-hydrogen) atoms. The number of hydrogen-bond acceptors (Lipinski definition) is 2. The quantitative estimate of drug-likeness (QED) is 0.679. The molecule has 1 saturated heterocycles. The number of hydrogen-bond donors (Lipinski definition) is 0. The number of nitrogens with zero attached hydrogens (tertiary/aromatic N) is 2. The molecule has 1 aliphatic heterocycles. The molecule has 1 aliphatic rings. The summed E-state index contributed by atoms with van der Waals surface area (Å²) in [6.07, 6.45) is 3.63. The summed E-state index contributed by atoms with van der Waals surface area (Å²) >= 11 is 0. The van der Waals surface area contributed by atoms with E-state index in [1.807, 2.05) is 30.5 Å². The lowest BCUT2D eigenvalue weighted by Gasteiger charge is -2.32. The van der Waals surface area contributed by atoms with Crippen molar-refractivity contribution in [3.63, 3.8) is 0 Å². The molecule has 1 aromatic heterocycles. The van der Waals surface area contributed by atoms with E-state index in [0.29, 0.717) is 13.1 Å². The molecule has 0 N–H and O–H groups in total. The number of pyridine rings is 1. The van der Waals surface area contributed by atoms with E-state index in [1.165, 1.54) is 0 Å². The van der Waals surface area contributed by atoms with Gasteiger partial charge in [0.05, 0.1) is 0 Å². The smallest absolute Gasteiger partial charge is 0.254 e. The Morgan fingerprint density at radius 3 is 2.54 bits per heavy atom. The summed E-state index contributed by atoms with van der Waals surface area (Å²) in [5.41, 5.74) is 1.00. The molecule has 1 atom stereocenters. The third-order valence-electron chi connectivity index (χ3n) is 4.89. The number of fused-ring (bicyclic) bond motifs is 1. The molecule has 1 unspecified atom stereocenters. The Hall–Kier alpha value is -2.82. The van der Waals surface area contributed by atoms with Gasteiger partial charge in [-0.2, -0.15) is 0 Å². The van der Waals surface area contributed by atoms with Crippen LogP contribution < -0.4 is 0 Å². The van der Waals surface area contributed by atoms with Crippen LogP contribution in [0.25, 0.3) is 10.8 Å². The Balaban J connectivity index is 1.57. The van der Waals surface area contributed by atoms with Crippen molar-refractivity contribution in [1.82, 2.24) is 9.88 Å². The van der Waals surface area contributed by atoms with Crippen molar-refractivity contribution in [1.29, 1.82) is 0 Å². The van der Waals surface area contributed by atoms with E-state index in [9.17, 15) is 13.6 Å². The second kappa shape index (κ2) is 6.83. The Morgan fingerprint density at radius 2 is 1.77 bits per heavy atom. The molecule has 0 bridgehead atoms. The molecule has 132 valence electrons. The van der Waals surface area contributed by atoms with Gasteiger partial charge in [0.25, 0.3) is 5.91 Å². The Morgan fingerprint density at radius 1 is 1.04 bits per heavy atom. The number of carbonyl (C=O) groups excluding carboxylic acids is 1. The maximum atomic E-state index is 13.4. The first-order valence-electron chi connectivity index (χ1n) is 8.70. The van der Waals surface area contributed by atoms with E-state index >= 15 is 0 Å². The van der Waals surface area contributed by atoms with E-state index < -0.39 is 11.6 Å². The third-order valence-corrected chi connectivity index (χ3v) is 4.89. The number of aromatic nitrogens is 1. The van der Waals surface area contributed by atoms with Gasteiger partial charge < -0.3 is 4.90 Å². The zero-order valence-electron chi connectivity index (χ0n) is 14.2. The lowest BCUT2D eigenvalue weighted by molar-refractivity contribution is 0.0705. The number of likely N-dealkylation sites (tertiary alicyclic amines) is 1. The first-order valence-corrected chi connectivity index (χ1v) is 8.70. The summed E-state index contributed by atoms with van der Waals surface area (Å²) in [6, 6.07) is 13.0. The monoisotopic (exact) mass is 352 g/mol. The second-order valence-corrected chi connectivity index (χ2v) is 6.70. The van der Waals surface area contributed by atoms with Gasteiger partial charge in [-0.3, -0.25) is 9.78 Å². The fourth-order valence-electron chi connectivity index (χ4n) is 3.59. The van der Waals surface area contributed by atoms with Gasteiger partial charge in [0.1, 0.15) is 11.6 Å². The number of amides is 1. The van der Waals surface area contributed by atoms with Crippen LogP contribution in [0.2, 0.25) is 0 Å². The average molecular weight is 352 g/mol. The molecule has 0 spiro atoms. The topological polar surface area (TPSA) is 33.2 Å². The lowest BCUT2D eigenvalue weighted by atomic mass is 9.93. The number of piperidine rings is 1. The normalized spacial score (nSPS) is 17.5. The van der Waals surface area contributed by atoms with Gasteiger partial charge >= 0.3 is 0 Å². The van der Waals surface area contributed by atoms with E-state index in [2.05, 4.69) is 11.1 Å². The largest absolute Gasteiger partial charge is 0.338 e. The highest BCUT2D eigenvalue weighted by Gasteiger charge is 2.27. The summed E-state index contributed by atoms with van der Waals surface area (Å²) < 4.78 is 26.8. The molecule has 3 aromatic rings. The number of rotatable bonds is 2. The molecular weight excluding hydrogens is 334 g/mol. The molecule has 5 heteroatoms. The van der Waals surface area contributed by atoms with Crippen LogP contribution in [0, 0.1) is 11.6 Å². The minimum absolute atomic E-state index is 0.0506. The number of benzene rings is 2. The molecule has 0 radical (unpaired) electrons. The van der Waals surface area contributed by atoms with Crippen molar-refractivity contribution in [2.75, 3.05) is 13.1 Å². The Bertz CT molecular complexity index is 953. The van der Waals surface area contributed by atoms with Crippen LogP contribution in [0.3, 0.4) is 0 Å². The molecule has 2 heterocycles. The first kappa shape index (κ1) is 16.6. The molecule has 4 rings (SSSR count). The van der Waals surface area contributed by atoms with Gasteiger partial charge in [-0.1, -0.05) is 24.3 Å². The summed E-state index contributed by atoms with van der Waals surface area (Å²) in [7, 11) is 0. The highest BCUT2D eigenvalue weighted by Crippen LogP contribution is 2.28. The lowest BCUT2D eigenvalue weighted by Crippen LogP contribution is -2.39. The fourth-order valence-corrected chi connectivity index (χ4v) is 3.59. The van der Waals surface area contributed by atoms with Gasteiger partial charge in [-0.25, -0.2) is 8.78 Å². The van der Waals surface area contributed by atoms with Crippen LogP contribution in [-0.2, 0) is 0 Å². The Kier molecular flexibility index (Phi) is 4.37. The molecule has 0 aliphatic carbocycles. The van der Waals surface area contributed by atoms with Crippen LogP contribution in [0.15, 0.2) is 54.7 Å². The van der Waals surface area contributed by atoms with Crippen LogP contribution in [-0.4, -0.2) is 28.9 Å². The zero-order chi connectivity index (χ0) is 18.1. The SMILES string of the molecule is O=C(c1cc(F)cc(F)c1)N1CCCC(c2cc3ccccc3cn2)C1. The summed E-state index contributed by atoms with van der Waals surface area (Å²) in [6.45, 7) is 1.09. The zero-order valence-corrected chi connectivity index (χ0v) is 14.2. The maximum absolute atomic E-state index is 13.4. The molecule has 2 aromatic carbocycles. The first-order chi connectivity index (χ1) is 12.6. The van der Waals surface area contributed by atoms with Crippen LogP contribution >= 0.6 is 0 Å². The van der Waals surface area contributed by atoms with Crippen molar-refractivity contribution in [2.24, 2.45) is 0 Å². The average Bonchev–Trinajstić information content (AvgIpc) is 2.66. The molecular formula is C21H18F2N2O. The Labute approximate surface area is 150 Å². The van der Waals surface area contributed by atoms with Crippen LogP contribution in [0.4, 0.5) is 8.78 Å². The molecule has 3 nitrogen and oxygen atoms in total. The summed E-state index contributed by atoms with van der Waals surface area (Å²) in [4.78, 5) is 18.9. The van der Waals surface area contributed by atoms with Crippen molar-refractivity contribution in [3.8, 4) is 0 Å². The predicted molar refractivity (Wildman–Crippen MR) is 96.0 cm³/mol. The number of halogens is 2. The highest BCUT2D eigenvalue weighted by molar-refractivity contribution is 5.94. The van der Waals surface area contributed by atoms with E-state index in [1.54, 1.807) is 4.90 Å². The van der Waals surface area contributed by atoms with Gasteiger partial charge in [0.2, 0.25) is 0 Å². The predicted octanol–water partition coefficient (Wildman–Crippen LogP) is 4.53.